The van der Waals surface area contributed by atoms with Crippen LogP contribution < -0.4 is 4.74 Å². The van der Waals surface area contributed by atoms with Crippen LogP contribution in [0, 0.1) is 3.57 Å². The van der Waals surface area contributed by atoms with E-state index in [9.17, 15) is 0 Å². The van der Waals surface area contributed by atoms with Crippen molar-refractivity contribution in [3.05, 3.63) is 99.6 Å². The van der Waals surface area contributed by atoms with Gasteiger partial charge in [-0.2, -0.15) is 0 Å². The molecule has 5 rings (SSSR count). The highest BCUT2D eigenvalue weighted by Gasteiger charge is 2.11. The molecule has 152 valence electrons. The summed E-state index contributed by atoms with van der Waals surface area (Å²) in [5.41, 5.74) is 4.24. The molecule has 2 nitrogen and oxygen atoms in total. The molecular weight excluding hydrogens is 495 g/mol. The van der Waals surface area contributed by atoms with Crippen LogP contribution in [0.4, 0.5) is 0 Å². The summed E-state index contributed by atoms with van der Waals surface area (Å²) in [5.74, 6) is 1.80. The standard InChI is InChI=1S/C28H21IO2/c1-2-30-26-10-6-5-7-20(26)13-11-19-12-14-24(25(29)15-19)28-18-23-16-21-8-3-4-9-22(21)17-27(23)31-28/h3-18H,2H2,1H3/b13-11+. The minimum Gasteiger partial charge on any atom is -0.493 e. The van der Waals surface area contributed by atoms with Crippen molar-refractivity contribution in [3.63, 3.8) is 0 Å². The van der Waals surface area contributed by atoms with E-state index < -0.39 is 0 Å². The van der Waals surface area contributed by atoms with Crippen LogP contribution in [0.25, 0.3) is 45.2 Å². The maximum absolute atomic E-state index is 6.22. The summed E-state index contributed by atoms with van der Waals surface area (Å²) in [7, 11) is 0. The smallest absolute Gasteiger partial charge is 0.136 e. The molecule has 0 aliphatic carbocycles. The van der Waals surface area contributed by atoms with Gasteiger partial charge in [-0.1, -0.05) is 60.7 Å². The van der Waals surface area contributed by atoms with Gasteiger partial charge in [0.25, 0.3) is 0 Å². The monoisotopic (exact) mass is 516 g/mol. The number of para-hydroxylation sites is 1. The van der Waals surface area contributed by atoms with Crippen molar-refractivity contribution in [1.29, 1.82) is 0 Å². The summed E-state index contributed by atoms with van der Waals surface area (Å²) in [6.07, 6.45) is 4.22. The number of hydrogen-bond acceptors (Lipinski definition) is 2. The molecule has 0 saturated carbocycles. The minimum absolute atomic E-state index is 0.657. The molecule has 0 N–H and O–H groups in total. The van der Waals surface area contributed by atoms with Crippen molar-refractivity contribution in [2.45, 2.75) is 6.92 Å². The van der Waals surface area contributed by atoms with Crippen LogP contribution in [0.2, 0.25) is 0 Å². The fourth-order valence-corrected chi connectivity index (χ4v) is 4.59. The first-order valence-electron chi connectivity index (χ1n) is 10.3. The van der Waals surface area contributed by atoms with E-state index >= 15 is 0 Å². The number of benzene rings is 4. The molecule has 3 heteroatoms. The third-order valence-corrected chi connectivity index (χ3v) is 6.21. The normalized spacial score (nSPS) is 11.5. The van der Waals surface area contributed by atoms with Crippen LogP contribution in [0.3, 0.4) is 0 Å². The first kappa shape index (κ1) is 19.9. The van der Waals surface area contributed by atoms with Crippen LogP contribution in [0.15, 0.2) is 89.3 Å². The van der Waals surface area contributed by atoms with Gasteiger partial charge in [0.05, 0.1) is 6.61 Å². The molecule has 1 aromatic heterocycles. The highest BCUT2D eigenvalue weighted by Crippen LogP contribution is 2.34. The van der Waals surface area contributed by atoms with Gasteiger partial charge in [-0.15, -0.1) is 0 Å². The summed E-state index contributed by atoms with van der Waals surface area (Å²) < 4.78 is 13.1. The van der Waals surface area contributed by atoms with Crippen LogP contribution >= 0.6 is 22.6 Å². The lowest BCUT2D eigenvalue weighted by atomic mass is 10.1. The zero-order valence-corrected chi connectivity index (χ0v) is 19.3. The van der Waals surface area contributed by atoms with Crippen LogP contribution in [0.5, 0.6) is 5.75 Å². The lowest BCUT2D eigenvalue weighted by Gasteiger charge is -2.06. The third-order valence-electron chi connectivity index (χ3n) is 5.32. The van der Waals surface area contributed by atoms with Gasteiger partial charge in [-0.05, 0) is 82.2 Å². The molecule has 1 heterocycles. The van der Waals surface area contributed by atoms with E-state index in [0.717, 1.165) is 42.7 Å². The van der Waals surface area contributed by atoms with Gasteiger partial charge in [0.1, 0.15) is 17.1 Å². The molecule has 0 atom stereocenters. The largest absolute Gasteiger partial charge is 0.493 e. The Balaban J connectivity index is 1.46. The molecule has 31 heavy (non-hydrogen) atoms. The molecule has 0 aliphatic rings. The van der Waals surface area contributed by atoms with E-state index in [4.69, 9.17) is 9.15 Å². The van der Waals surface area contributed by atoms with E-state index in [-0.39, 0.29) is 0 Å². The summed E-state index contributed by atoms with van der Waals surface area (Å²) in [6, 6.07) is 29.3. The molecule has 5 aromatic rings. The van der Waals surface area contributed by atoms with Gasteiger partial charge in [0.2, 0.25) is 0 Å². The number of ether oxygens (including phenoxy) is 1. The highest BCUT2D eigenvalue weighted by atomic mass is 127. The lowest BCUT2D eigenvalue weighted by Crippen LogP contribution is -1.93. The molecule has 0 amide bonds. The van der Waals surface area contributed by atoms with Gasteiger partial charge in [0.15, 0.2) is 0 Å². The molecule has 0 unspecified atom stereocenters. The fourth-order valence-electron chi connectivity index (χ4n) is 3.79. The van der Waals surface area contributed by atoms with Gasteiger partial charge >= 0.3 is 0 Å². The Morgan fingerprint density at radius 3 is 2.39 bits per heavy atom. The fraction of sp³-hybridized carbons (Fsp3) is 0.0714. The second-order valence-electron chi connectivity index (χ2n) is 7.39. The summed E-state index contributed by atoms with van der Waals surface area (Å²) in [6.45, 7) is 2.66. The topological polar surface area (TPSA) is 22.4 Å². The molecule has 0 spiro atoms. The maximum Gasteiger partial charge on any atom is 0.136 e. The van der Waals surface area contributed by atoms with Crippen molar-refractivity contribution in [2.24, 2.45) is 0 Å². The van der Waals surface area contributed by atoms with Crippen molar-refractivity contribution in [2.75, 3.05) is 6.61 Å². The van der Waals surface area contributed by atoms with Crippen molar-refractivity contribution in [1.82, 2.24) is 0 Å². The molecule has 0 aliphatic heterocycles. The SMILES string of the molecule is CCOc1ccccc1/C=C/c1ccc(-c2cc3cc4ccccc4cc3o2)c(I)c1. The molecule has 0 saturated heterocycles. The highest BCUT2D eigenvalue weighted by molar-refractivity contribution is 14.1. The van der Waals surface area contributed by atoms with Crippen molar-refractivity contribution < 1.29 is 9.15 Å². The summed E-state index contributed by atoms with van der Waals surface area (Å²) in [5, 5.41) is 3.55. The predicted molar refractivity (Wildman–Crippen MR) is 138 cm³/mol. The quantitative estimate of drug-likeness (QED) is 0.173. The van der Waals surface area contributed by atoms with E-state index in [2.05, 4.69) is 101 Å². The number of rotatable bonds is 5. The van der Waals surface area contributed by atoms with Crippen molar-refractivity contribution >= 4 is 56.5 Å². The Kier molecular flexibility index (Phi) is 5.51. The average Bonchev–Trinajstić information content (AvgIpc) is 3.19. The van der Waals surface area contributed by atoms with Crippen LogP contribution in [-0.4, -0.2) is 6.61 Å². The first-order chi connectivity index (χ1) is 15.2. The Labute approximate surface area is 195 Å². The van der Waals surface area contributed by atoms with Crippen molar-refractivity contribution in [3.8, 4) is 17.1 Å². The number of furan rings is 1. The number of hydrogen-bond donors (Lipinski definition) is 0. The second kappa shape index (κ2) is 8.60. The zero-order chi connectivity index (χ0) is 21.2. The van der Waals surface area contributed by atoms with E-state index in [1.807, 2.05) is 25.1 Å². The maximum atomic E-state index is 6.22. The third kappa shape index (κ3) is 4.10. The Hall–Kier alpha value is -3.05. The van der Waals surface area contributed by atoms with Gasteiger partial charge in [-0.3, -0.25) is 0 Å². The van der Waals surface area contributed by atoms with E-state index in [0.29, 0.717) is 6.61 Å². The van der Waals surface area contributed by atoms with E-state index in [1.165, 1.54) is 10.8 Å². The van der Waals surface area contributed by atoms with Crippen LogP contribution in [-0.2, 0) is 0 Å². The lowest BCUT2D eigenvalue weighted by molar-refractivity contribution is 0.339. The Morgan fingerprint density at radius 2 is 1.58 bits per heavy atom. The minimum atomic E-state index is 0.657. The zero-order valence-electron chi connectivity index (χ0n) is 17.1. The van der Waals surface area contributed by atoms with Gasteiger partial charge in [0, 0.05) is 20.1 Å². The van der Waals surface area contributed by atoms with Crippen LogP contribution in [0.1, 0.15) is 18.1 Å². The second-order valence-corrected chi connectivity index (χ2v) is 8.55. The van der Waals surface area contributed by atoms with Gasteiger partial charge in [-0.25, -0.2) is 0 Å². The summed E-state index contributed by atoms with van der Waals surface area (Å²) in [4.78, 5) is 0. The molecule has 0 bridgehead atoms. The van der Waals surface area contributed by atoms with E-state index in [1.54, 1.807) is 0 Å². The Morgan fingerprint density at radius 1 is 0.806 bits per heavy atom. The molecule has 0 radical (unpaired) electrons. The number of halogens is 1. The Bertz CT molecular complexity index is 1360. The molecule has 4 aromatic carbocycles. The number of fused-ring (bicyclic) bond motifs is 2. The predicted octanol–water partition coefficient (Wildman–Crippen LogP) is 8.43. The molecule has 0 fully saturated rings. The average molecular weight is 516 g/mol. The first-order valence-corrected chi connectivity index (χ1v) is 11.4. The molecular formula is C28H21IO2. The van der Waals surface area contributed by atoms with Gasteiger partial charge < -0.3 is 9.15 Å². The summed E-state index contributed by atoms with van der Waals surface area (Å²) >= 11 is 2.39.